The number of benzene rings is 16. The largest absolute Gasteiger partial charge is 0.309 e. The summed E-state index contributed by atoms with van der Waals surface area (Å²) >= 11 is 0. The summed E-state index contributed by atoms with van der Waals surface area (Å²) in [7, 11) is 0. The summed E-state index contributed by atoms with van der Waals surface area (Å²) in [6, 6.07) is 122. The van der Waals surface area contributed by atoms with Crippen molar-refractivity contribution in [2.75, 3.05) is 0 Å². The summed E-state index contributed by atoms with van der Waals surface area (Å²) in [5.41, 5.74) is 23.4. The molecule has 0 aliphatic heterocycles. The lowest BCUT2D eigenvalue weighted by molar-refractivity contribution is 1.17. The molecule has 0 saturated heterocycles. The number of hydrogen-bond donors (Lipinski definition) is 0. The molecule has 0 saturated carbocycles. The van der Waals surface area contributed by atoms with Crippen LogP contribution in [0.5, 0.6) is 0 Å². The van der Waals surface area contributed by atoms with Gasteiger partial charge in [0.25, 0.3) is 0 Å². The van der Waals surface area contributed by atoms with Gasteiger partial charge in [0.15, 0.2) is 0 Å². The molecule has 4 heteroatoms. The Kier molecular flexibility index (Phi) is 12.6. The fraction of sp³-hybridized carbons (Fsp3) is 0. The van der Waals surface area contributed by atoms with Crippen LogP contribution in [0.4, 0.5) is 0 Å². The third kappa shape index (κ3) is 8.65. The van der Waals surface area contributed by atoms with Gasteiger partial charge >= 0.3 is 0 Å². The molecule has 454 valence electrons. The monoisotopic (exact) mass is 1240 g/mol. The average molecular weight is 1240 g/mol. The molecule has 0 N–H and O–H groups in total. The van der Waals surface area contributed by atoms with Crippen molar-refractivity contribution in [1.82, 2.24) is 19.1 Å². The second-order valence-corrected chi connectivity index (χ2v) is 25.9. The molecule has 0 radical (unpaired) electrons. The van der Waals surface area contributed by atoms with Crippen LogP contribution in [0.2, 0.25) is 0 Å². The lowest BCUT2D eigenvalue weighted by atomic mass is 9.82. The van der Waals surface area contributed by atoms with E-state index < -0.39 is 0 Å². The first-order valence-corrected chi connectivity index (χ1v) is 33.7. The minimum Gasteiger partial charge on any atom is -0.309 e. The lowest BCUT2D eigenvalue weighted by Gasteiger charge is -2.21. The fourth-order valence-electron chi connectivity index (χ4n) is 16.4. The summed E-state index contributed by atoms with van der Waals surface area (Å²) in [6.07, 6.45) is 7.82. The van der Waals surface area contributed by atoms with E-state index in [9.17, 15) is 0 Å². The Morgan fingerprint density at radius 3 is 1.16 bits per heavy atom. The molecule has 0 amide bonds. The van der Waals surface area contributed by atoms with Gasteiger partial charge < -0.3 is 9.13 Å². The Balaban J connectivity index is 0.809. The number of hydrogen-bond acceptors (Lipinski definition) is 2. The second-order valence-electron chi connectivity index (χ2n) is 25.9. The van der Waals surface area contributed by atoms with Gasteiger partial charge in [0, 0.05) is 57.7 Å². The van der Waals surface area contributed by atoms with E-state index >= 15 is 0 Å². The van der Waals surface area contributed by atoms with Gasteiger partial charge in [-0.15, -0.1) is 0 Å². The molecular weight excluding hydrogens is 1190 g/mol. The van der Waals surface area contributed by atoms with Crippen LogP contribution < -0.4 is 0 Å². The molecule has 0 bridgehead atoms. The van der Waals surface area contributed by atoms with Crippen LogP contribution in [-0.2, 0) is 0 Å². The standard InChI is InChI=1S/C94H58N4/c1-4-21-60(22-5-1)91-74-33-14-17-36-77(74)94(78-45-44-70(71-31-12-13-32-72(71)78)65-41-47-88-82(56-65)86-58-96-51-49-90(86)98(88)68-28-8-3-9-29-68)84-55-63(38-42-79(84)91)62-39-43-80-83(54-62)92(75-34-15-16-35-76(75)93(80)73-37-19-23-59-20-10-11-30-69(59)73)66-25-18-24-61(52-66)64-40-46-87-81(53-64)85-57-95-50-48-89(85)97(87)67-26-6-2-7-27-67/h1-58H. The first-order chi connectivity index (χ1) is 48.6. The van der Waals surface area contributed by atoms with Crippen LogP contribution >= 0.6 is 0 Å². The molecule has 20 aromatic rings. The molecule has 0 spiro atoms. The van der Waals surface area contributed by atoms with Crippen molar-refractivity contribution in [3.05, 3.63) is 352 Å². The second kappa shape index (κ2) is 22.3. The first kappa shape index (κ1) is 55.4. The van der Waals surface area contributed by atoms with Crippen LogP contribution in [0, 0.1) is 0 Å². The minimum atomic E-state index is 1.13. The van der Waals surface area contributed by atoms with E-state index in [4.69, 9.17) is 0 Å². The quantitative estimate of drug-likeness (QED) is 0.135. The van der Waals surface area contributed by atoms with Crippen molar-refractivity contribution in [1.29, 1.82) is 0 Å². The van der Waals surface area contributed by atoms with Crippen molar-refractivity contribution < 1.29 is 0 Å². The third-order valence-electron chi connectivity index (χ3n) is 20.7. The Bertz CT molecular complexity index is 6650. The summed E-state index contributed by atoms with van der Waals surface area (Å²) in [5, 5.41) is 19.1. The van der Waals surface area contributed by atoms with Gasteiger partial charge in [-0.2, -0.15) is 0 Å². The highest BCUT2D eigenvalue weighted by Crippen LogP contribution is 2.51. The zero-order valence-electron chi connectivity index (χ0n) is 53.3. The van der Waals surface area contributed by atoms with Crippen LogP contribution in [0.25, 0.3) is 198 Å². The predicted octanol–water partition coefficient (Wildman–Crippen LogP) is 25.3. The van der Waals surface area contributed by atoms with Gasteiger partial charge in [-0.05, 0) is 221 Å². The summed E-state index contributed by atoms with van der Waals surface area (Å²) in [6.45, 7) is 0. The van der Waals surface area contributed by atoms with Crippen molar-refractivity contribution in [2.24, 2.45) is 0 Å². The van der Waals surface area contributed by atoms with Crippen LogP contribution in [0.1, 0.15) is 0 Å². The van der Waals surface area contributed by atoms with Crippen LogP contribution in [0.15, 0.2) is 352 Å². The molecule has 4 nitrogen and oxygen atoms in total. The molecule has 0 atom stereocenters. The van der Waals surface area contributed by atoms with Crippen molar-refractivity contribution in [2.45, 2.75) is 0 Å². The molecule has 0 aliphatic carbocycles. The zero-order chi connectivity index (χ0) is 64.4. The molecule has 0 aliphatic rings. The molecule has 4 aromatic heterocycles. The van der Waals surface area contributed by atoms with E-state index in [1.807, 2.05) is 24.8 Å². The number of aromatic nitrogens is 4. The predicted molar refractivity (Wildman–Crippen MR) is 414 cm³/mol. The van der Waals surface area contributed by atoms with Crippen LogP contribution in [0.3, 0.4) is 0 Å². The maximum atomic E-state index is 4.65. The fourth-order valence-corrected chi connectivity index (χ4v) is 16.4. The summed E-state index contributed by atoms with van der Waals surface area (Å²) in [4.78, 5) is 9.30. The van der Waals surface area contributed by atoms with E-state index in [1.54, 1.807) is 0 Å². The molecule has 20 rings (SSSR count). The number of fused-ring (bicyclic) bond motifs is 12. The van der Waals surface area contributed by atoms with E-state index in [0.29, 0.717) is 0 Å². The maximum absolute atomic E-state index is 4.65. The maximum Gasteiger partial charge on any atom is 0.0571 e. The Morgan fingerprint density at radius 2 is 0.551 bits per heavy atom. The van der Waals surface area contributed by atoms with Gasteiger partial charge in [-0.25, -0.2) is 0 Å². The third-order valence-corrected chi connectivity index (χ3v) is 20.7. The number of pyridine rings is 2. The normalized spacial score (nSPS) is 11.9. The number of nitrogens with zero attached hydrogens (tertiary/aromatic N) is 4. The smallest absolute Gasteiger partial charge is 0.0571 e. The molecule has 16 aromatic carbocycles. The Labute approximate surface area is 565 Å². The molecule has 0 unspecified atom stereocenters. The van der Waals surface area contributed by atoms with Gasteiger partial charge in [0.2, 0.25) is 0 Å². The summed E-state index contributed by atoms with van der Waals surface area (Å²) < 4.78 is 4.71. The van der Waals surface area contributed by atoms with Crippen molar-refractivity contribution in [3.8, 4) is 89.3 Å². The first-order valence-electron chi connectivity index (χ1n) is 33.7. The zero-order valence-corrected chi connectivity index (χ0v) is 53.3. The Hall–Kier alpha value is -13.0. The highest BCUT2D eigenvalue weighted by molar-refractivity contribution is 6.27. The molecule has 0 fully saturated rings. The van der Waals surface area contributed by atoms with Gasteiger partial charge in [0.1, 0.15) is 0 Å². The minimum absolute atomic E-state index is 1.13. The van der Waals surface area contributed by atoms with E-state index in [-0.39, 0.29) is 0 Å². The van der Waals surface area contributed by atoms with E-state index in [2.05, 4.69) is 347 Å². The average Bonchev–Trinajstić information content (AvgIpc) is 0.996. The van der Waals surface area contributed by atoms with Crippen molar-refractivity contribution >= 4 is 108 Å². The SMILES string of the molecule is c1ccc(-c2c3ccccc3c(-c3ccc(-c4ccc5c(c4)c4cnccc4n5-c4ccccc4)c4ccccc34)c3cc(-c4ccc5c(-c6cccc7ccccc67)c6ccccc6c(-c6cccc(-c7ccc8c(c7)c7cnccc7n8-c7ccccc7)c6)c5c4)ccc23)cc1. The number of rotatable bonds is 9. The topological polar surface area (TPSA) is 35.6 Å². The molecule has 98 heavy (non-hydrogen) atoms. The summed E-state index contributed by atoms with van der Waals surface area (Å²) in [5.74, 6) is 0. The highest BCUT2D eigenvalue weighted by atomic mass is 15.0. The van der Waals surface area contributed by atoms with Gasteiger partial charge in [-0.1, -0.05) is 249 Å². The van der Waals surface area contributed by atoms with Crippen molar-refractivity contribution in [3.63, 3.8) is 0 Å². The van der Waals surface area contributed by atoms with Gasteiger partial charge in [0.05, 0.1) is 22.1 Å². The van der Waals surface area contributed by atoms with Gasteiger partial charge in [-0.3, -0.25) is 9.97 Å². The number of para-hydroxylation sites is 2. The van der Waals surface area contributed by atoms with Crippen LogP contribution in [-0.4, -0.2) is 19.1 Å². The Morgan fingerprint density at radius 1 is 0.184 bits per heavy atom. The lowest BCUT2D eigenvalue weighted by Crippen LogP contribution is -1.94. The molecular formula is C94H58N4. The van der Waals surface area contributed by atoms with E-state index in [0.717, 1.165) is 77.6 Å². The van der Waals surface area contributed by atoms with E-state index in [1.165, 1.54) is 120 Å². The highest BCUT2D eigenvalue weighted by Gasteiger charge is 2.24. The molecule has 4 heterocycles.